The maximum atomic E-state index is 12.7. The summed E-state index contributed by atoms with van der Waals surface area (Å²) in [4.78, 5) is 31.8. The fraction of sp³-hybridized carbons (Fsp3) is 0.0500. The zero-order valence-electron chi connectivity index (χ0n) is 15.0. The molecule has 2 aromatic heterocycles. The summed E-state index contributed by atoms with van der Waals surface area (Å²) in [6.07, 6.45) is 1.63. The summed E-state index contributed by atoms with van der Waals surface area (Å²) in [5.41, 5.74) is 3.06. The number of nitrogens with one attached hydrogen (secondary N) is 1. The van der Waals surface area contributed by atoms with Crippen LogP contribution in [0.15, 0.2) is 63.6 Å². The molecule has 0 bridgehead atoms. The summed E-state index contributed by atoms with van der Waals surface area (Å²) in [7, 11) is 0. The molecule has 0 radical (unpaired) electrons. The van der Waals surface area contributed by atoms with Crippen molar-refractivity contribution in [2.75, 3.05) is 5.32 Å². The largest absolute Gasteiger partial charge is 0.434 e. The van der Waals surface area contributed by atoms with Gasteiger partial charge in [-0.15, -0.1) is 0 Å². The average Bonchev–Trinajstić information content (AvgIpc) is 3.13. The van der Waals surface area contributed by atoms with Crippen molar-refractivity contribution in [3.8, 4) is 11.5 Å². The number of hydrogen-bond donors (Lipinski definition) is 1. The molecule has 1 amide bonds. The highest BCUT2D eigenvalue weighted by atomic mass is 79.9. The number of aromatic nitrogens is 2. The Hall–Kier alpha value is -3.59. The smallest absolute Gasteiger partial charge is 0.270 e. The van der Waals surface area contributed by atoms with Gasteiger partial charge in [0.1, 0.15) is 0 Å². The zero-order chi connectivity index (χ0) is 20.5. The van der Waals surface area contributed by atoms with E-state index in [0.29, 0.717) is 32.8 Å². The van der Waals surface area contributed by atoms with Gasteiger partial charge in [-0.3, -0.25) is 14.9 Å². The second-order valence-corrected chi connectivity index (χ2v) is 7.05. The number of carbonyl (C=O) groups excluding carboxylic acids is 1. The predicted octanol–water partition coefficient (Wildman–Crippen LogP) is 5.12. The lowest BCUT2D eigenvalue weighted by atomic mass is 10.1. The summed E-state index contributed by atoms with van der Waals surface area (Å²) in [6.45, 7) is 1.83. The maximum absolute atomic E-state index is 12.7. The molecule has 0 aliphatic carbocycles. The van der Waals surface area contributed by atoms with E-state index in [9.17, 15) is 14.9 Å². The van der Waals surface area contributed by atoms with Crippen molar-refractivity contribution in [3.63, 3.8) is 0 Å². The lowest BCUT2D eigenvalue weighted by molar-refractivity contribution is -0.384. The van der Waals surface area contributed by atoms with Gasteiger partial charge in [0.2, 0.25) is 5.89 Å². The number of fused-ring (bicyclic) bond motifs is 1. The van der Waals surface area contributed by atoms with Gasteiger partial charge in [0, 0.05) is 34.1 Å². The van der Waals surface area contributed by atoms with Crippen LogP contribution in [-0.2, 0) is 0 Å². The number of nitro benzene ring substituents is 1. The molecule has 2 aromatic carbocycles. The number of oxazole rings is 1. The third-order valence-electron chi connectivity index (χ3n) is 4.38. The predicted molar refractivity (Wildman–Crippen MR) is 111 cm³/mol. The van der Waals surface area contributed by atoms with Gasteiger partial charge in [0.25, 0.3) is 11.6 Å². The molecule has 1 N–H and O–H groups in total. The number of non-ortho nitro benzene ring substituents is 1. The Morgan fingerprint density at radius 3 is 2.79 bits per heavy atom. The number of halogens is 1. The monoisotopic (exact) mass is 452 g/mol. The van der Waals surface area contributed by atoms with Gasteiger partial charge in [-0.2, -0.15) is 4.98 Å². The number of rotatable bonds is 4. The molecule has 0 spiro atoms. The molecule has 9 heteroatoms. The van der Waals surface area contributed by atoms with Crippen LogP contribution in [0.5, 0.6) is 0 Å². The molecule has 8 nitrogen and oxygen atoms in total. The van der Waals surface area contributed by atoms with E-state index in [1.54, 1.807) is 30.5 Å². The first-order valence-electron chi connectivity index (χ1n) is 8.51. The van der Waals surface area contributed by atoms with Gasteiger partial charge >= 0.3 is 0 Å². The molecular weight excluding hydrogens is 440 g/mol. The minimum Gasteiger partial charge on any atom is -0.434 e. The molecule has 29 heavy (non-hydrogen) atoms. The summed E-state index contributed by atoms with van der Waals surface area (Å²) in [5.74, 6) is -0.0797. The van der Waals surface area contributed by atoms with Crippen LogP contribution in [0, 0.1) is 17.0 Å². The Labute approximate surface area is 172 Å². The molecule has 0 unspecified atom stereocenters. The molecule has 0 aliphatic rings. The minimum atomic E-state index is -0.545. The van der Waals surface area contributed by atoms with E-state index in [0.717, 1.165) is 5.56 Å². The van der Waals surface area contributed by atoms with Crippen LogP contribution < -0.4 is 5.32 Å². The third kappa shape index (κ3) is 3.59. The SMILES string of the molecule is Cc1c(NC(=O)c2cc([N+](=O)[O-])ccc2Br)cccc1-c1nc2ncccc2o1. The van der Waals surface area contributed by atoms with Crippen molar-refractivity contribution in [1.29, 1.82) is 0 Å². The molecule has 144 valence electrons. The Kier molecular flexibility index (Phi) is 4.81. The standard InChI is InChI=1S/C20H13BrN4O4/c1-11-13(20-24-18-17(29-20)6-3-9-22-18)4-2-5-16(11)23-19(26)14-10-12(25(27)28)7-8-15(14)21/h2-10H,1H3,(H,23,26). The van der Waals surface area contributed by atoms with Crippen LogP contribution in [0.25, 0.3) is 22.7 Å². The highest BCUT2D eigenvalue weighted by molar-refractivity contribution is 9.10. The highest BCUT2D eigenvalue weighted by Gasteiger charge is 2.18. The van der Waals surface area contributed by atoms with Crippen molar-refractivity contribution in [2.45, 2.75) is 6.92 Å². The number of pyridine rings is 1. The molecule has 4 rings (SSSR count). The number of carbonyl (C=O) groups is 1. The van der Waals surface area contributed by atoms with E-state index in [2.05, 4.69) is 31.2 Å². The number of hydrogen-bond acceptors (Lipinski definition) is 6. The molecule has 0 atom stereocenters. The maximum Gasteiger partial charge on any atom is 0.270 e. The number of nitrogens with zero attached hydrogens (tertiary/aromatic N) is 3. The average molecular weight is 453 g/mol. The summed E-state index contributed by atoms with van der Waals surface area (Å²) >= 11 is 3.27. The minimum absolute atomic E-state index is 0.162. The van der Waals surface area contributed by atoms with Crippen LogP contribution in [-0.4, -0.2) is 20.8 Å². The second kappa shape index (κ2) is 7.44. The molecule has 0 saturated heterocycles. The van der Waals surface area contributed by atoms with Crippen molar-refractivity contribution in [3.05, 3.63) is 80.4 Å². The van der Waals surface area contributed by atoms with Gasteiger partial charge in [0.05, 0.1) is 10.5 Å². The highest BCUT2D eigenvalue weighted by Crippen LogP contribution is 2.31. The molecule has 2 heterocycles. The fourth-order valence-electron chi connectivity index (χ4n) is 2.88. The number of nitro groups is 1. The van der Waals surface area contributed by atoms with Crippen molar-refractivity contribution in [1.82, 2.24) is 9.97 Å². The van der Waals surface area contributed by atoms with Gasteiger partial charge in [0.15, 0.2) is 11.2 Å². The quantitative estimate of drug-likeness (QED) is 0.339. The van der Waals surface area contributed by atoms with Crippen molar-refractivity contribution in [2.24, 2.45) is 0 Å². The van der Waals surface area contributed by atoms with Crippen LogP contribution in [0.3, 0.4) is 0 Å². The Morgan fingerprint density at radius 2 is 2.03 bits per heavy atom. The van der Waals surface area contributed by atoms with Crippen LogP contribution >= 0.6 is 15.9 Å². The van der Waals surface area contributed by atoms with E-state index in [4.69, 9.17) is 4.42 Å². The molecule has 0 fully saturated rings. The first kappa shape index (κ1) is 18.8. The van der Waals surface area contributed by atoms with Crippen LogP contribution in [0.1, 0.15) is 15.9 Å². The Balaban J connectivity index is 1.68. The number of amides is 1. The molecule has 4 aromatic rings. The Morgan fingerprint density at radius 1 is 1.21 bits per heavy atom. The first-order valence-corrected chi connectivity index (χ1v) is 9.30. The van der Waals surface area contributed by atoms with Gasteiger partial charge in [-0.05, 0) is 58.7 Å². The van der Waals surface area contributed by atoms with Gasteiger partial charge < -0.3 is 9.73 Å². The molecule has 0 saturated carbocycles. The van der Waals surface area contributed by atoms with Crippen molar-refractivity contribution < 1.29 is 14.1 Å². The van der Waals surface area contributed by atoms with E-state index in [1.165, 1.54) is 18.2 Å². The lowest BCUT2D eigenvalue weighted by Gasteiger charge is -2.11. The second-order valence-electron chi connectivity index (χ2n) is 6.20. The normalized spacial score (nSPS) is 10.8. The number of benzene rings is 2. The Bertz CT molecular complexity index is 1240. The van der Waals surface area contributed by atoms with E-state index >= 15 is 0 Å². The fourth-order valence-corrected chi connectivity index (χ4v) is 3.30. The van der Waals surface area contributed by atoms with Crippen LogP contribution in [0.4, 0.5) is 11.4 Å². The lowest BCUT2D eigenvalue weighted by Crippen LogP contribution is -2.14. The zero-order valence-corrected chi connectivity index (χ0v) is 16.6. The number of anilines is 1. The molecular formula is C20H13BrN4O4. The summed E-state index contributed by atoms with van der Waals surface area (Å²) in [6, 6.07) is 12.9. The van der Waals surface area contributed by atoms with E-state index < -0.39 is 10.8 Å². The van der Waals surface area contributed by atoms with Crippen molar-refractivity contribution >= 4 is 44.4 Å². The topological polar surface area (TPSA) is 111 Å². The summed E-state index contributed by atoms with van der Waals surface area (Å²) < 4.78 is 6.23. The third-order valence-corrected chi connectivity index (χ3v) is 5.07. The van der Waals surface area contributed by atoms with E-state index in [1.807, 2.05) is 13.0 Å². The van der Waals surface area contributed by atoms with Crippen LogP contribution in [0.2, 0.25) is 0 Å². The van der Waals surface area contributed by atoms with Gasteiger partial charge in [-0.25, -0.2) is 4.98 Å². The summed E-state index contributed by atoms with van der Waals surface area (Å²) in [5, 5.41) is 13.8. The first-order chi connectivity index (χ1) is 13.9. The van der Waals surface area contributed by atoms with Gasteiger partial charge in [-0.1, -0.05) is 6.07 Å². The van der Waals surface area contributed by atoms with E-state index in [-0.39, 0.29) is 11.3 Å². The molecule has 0 aliphatic heterocycles.